The van der Waals surface area contributed by atoms with Crippen LogP contribution in [0.1, 0.15) is 23.7 Å². The van der Waals surface area contributed by atoms with Crippen LogP contribution in [0.5, 0.6) is 5.75 Å². The van der Waals surface area contributed by atoms with E-state index in [0.29, 0.717) is 33.3 Å². The molecule has 2 atom stereocenters. The Morgan fingerprint density at radius 2 is 2.16 bits per heavy atom. The second kappa shape index (κ2) is 8.84. The van der Waals surface area contributed by atoms with Gasteiger partial charge in [0, 0.05) is 23.4 Å². The van der Waals surface area contributed by atoms with Crippen molar-refractivity contribution >= 4 is 51.8 Å². The lowest BCUT2D eigenvalue weighted by molar-refractivity contribution is 0.0600. The summed E-state index contributed by atoms with van der Waals surface area (Å²) in [7, 11) is 4.60. The van der Waals surface area contributed by atoms with Crippen LogP contribution in [0, 0.1) is 11.3 Å². The molecule has 0 aliphatic heterocycles. The van der Waals surface area contributed by atoms with Crippen molar-refractivity contribution in [3.63, 3.8) is 0 Å². The topological polar surface area (TPSA) is 62.6 Å². The molecule has 8 heteroatoms. The fourth-order valence-electron chi connectivity index (χ4n) is 2.47. The average molecular weight is 448 g/mol. The number of esters is 1. The molecule has 136 valence electrons. The van der Waals surface area contributed by atoms with Gasteiger partial charge in [0.15, 0.2) is 0 Å². The monoisotopic (exact) mass is 446 g/mol. The number of nitriles is 1. The first-order chi connectivity index (χ1) is 11.6. The summed E-state index contributed by atoms with van der Waals surface area (Å²) in [6.07, 6.45) is 0.364. The zero-order valence-corrected chi connectivity index (χ0v) is 17.7. The molecule has 1 aromatic rings. The van der Waals surface area contributed by atoms with Gasteiger partial charge in [0.25, 0.3) is 0 Å². The van der Waals surface area contributed by atoms with Gasteiger partial charge < -0.3 is 14.4 Å². The summed E-state index contributed by atoms with van der Waals surface area (Å²) >= 11 is 13.9. The van der Waals surface area contributed by atoms with Gasteiger partial charge in [-0.25, -0.2) is 4.79 Å². The molecular weight excluding hydrogens is 428 g/mol. The number of hydrogen-bond donors (Lipinski definition) is 1. The highest BCUT2D eigenvalue weighted by Gasteiger charge is 2.37. The van der Waals surface area contributed by atoms with Crippen molar-refractivity contribution in [2.75, 3.05) is 26.2 Å². The highest BCUT2D eigenvalue weighted by atomic mass is 79.9. The number of anilines is 1. The smallest absolute Gasteiger partial charge is 0.338 e. The lowest BCUT2D eigenvalue weighted by atomic mass is 9.97. The van der Waals surface area contributed by atoms with E-state index in [1.807, 2.05) is 4.90 Å². The molecule has 5 nitrogen and oxygen atoms in total. The number of methoxy groups -OCH3 is 2. The molecular formula is C17H20BrClN2O3S. The molecule has 0 bridgehead atoms. The van der Waals surface area contributed by atoms with Gasteiger partial charge in [-0.1, -0.05) is 34.1 Å². The van der Waals surface area contributed by atoms with E-state index in [2.05, 4.69) is 41.2 Å². The van der Waals surface area contributed by atoms with Gasteiger partial charge in [0.2, 0.25) is 0 Å². The van der Waals surface area contributed by atoms with E-state index in [1.165, 1.54) is 14.2 Å². The van der Waals surface area contributed by atoms with Crippen LogP contribution in [-0.4, -0.2) is 37.6 Å². The molecule has 0 saturated heterocycles. The molecule has 0 saturated carbocycles. The molecule has 0 N–H and O–H groups in total. The molecule has 0 radical (unpaired) electrons. The largest absolute Gasteiger partial charge is 0.495 e. The summed E-state index contributed by atoms with van der Waals surface area (Å²) in [4.78, 5) is 14.1. The normalized spacial score (nSPS) is 14.0. The first kappa shape index (κ1) is 21.7. The van der Waals surface area contributed by atoms with E-state index in [4.69, 9.17) is 21.1 Å². The summed E-state index contributed by atoms with van der Waals surface area (Å²) in [5.41, 5.74) is 0.948. The lowest BCUT2D eigenvalue weighted by Gasteiger charge is -2.37. The molecule has 25 heavy (non-hydrogen) atoms. The van der Waals surface area contributed by atoms with Crippen molar-refractivity contribution < 1.29 is 14.3 Å². The third kappa shape index (κ3) is 5.06. The van der Waals surface area contributed by atoms with Crippen LogP contribution in [0.25, 0.3) is 0 Å². The number of halogens is 2. The number of thiol groups is 1. The van der Waals surface area contributed by atoms with Gasteiger partial charge in [0.1, 0.15) is 10.1 Å². The fourth-order valence-corrected chi connectivity index (χ4v) is 3.49. The Balaban J connectivity index is 3.48. The molecule has 0 aliphatic rings. The number of ether oxygens (including phenoxy) is 2. The Morgan fingerprint density at radius 1 is 1.56 bits per heavy atom. The van der Waals surface area contributed by atoms with Crippen LogP contribution in [0.4, 0.5) is 5.69 Å². The second-order valence-corrected chi connectivity index (χ2v) is 8.24. The summed E-state index contributed by atoms with van der Waals surface area (Å²) in [5.74, 6) is -0.0577. The summed E-state index contributed by atoms with van der Waals surface area (Å²) in [6.45, 7) is 5.48. The number of rotatable bonds is 7. The Morgan fingerprint density at radius 3 is 2.60 bits per heavy atom. The minimum absolute atomic E-state index is 0.321. The van der Waals surface area contributed by atoms with Crippen LogP contribution >= 0.6 is 40.2 Å². The molecule has 1 aromatic carbocycles. The summed E-state index contributed by atoms with van der Waals surface area (Å²) in [5, 5.41) is 9.93. The van der Waals surface area contributed by atoms with Gasteiger partial charge in [-0.2, -0.15) is 5.26 Å². The van der Waals surface area contributed by atoms with Gasteiger partial charge >= 0.3 is 5.97 Å². The van der Waals surface area contributed by atoms with Crippen molar-refractivity contribution in [1.82, 2.24) is 0 Å². The predicted molar refractivity (Wildman–Crippen MR) is 106 cm³/mol. The van der Waals surface area contributed by atoms with Crippen molar-refractivity contribution in [1.29, 1.82) is 5.26 Å². The van der Waals surface area contributed by atoms with Crippen LogP contribution < -0.4 is 9.64 Å². The molecule has 0 aliphatic carbocycles. The molecule has 2 unspecified atom stereocenters. The van der Waals surface area contributed by atoms with Crippen LogP contribution in [0.2, 0.25) is 0 Å². The van der Waals surface area contributed by atoms with E-state index >= 15 is 0 Å². The minimum Gasteiger partial charge on any atom is -0.495 e. The molecule has 0 heterocycles. The molecule has 1 rings (SSSR count). The number of carbonyl (C=O) groups is 1. The quantitative estimate of drug-likeness (QED) is 0.381. The van der Waals surface area contributed by atoms with Crippen molar-refractivity contribution in [3.05, 3.63) is 29.3 Å². The van der Waals surface area contributed by atoms with Crippen molar-refractivity contribution in [3.8, 4) is 11.8 Å². The van der Waals surface area contributed by atoms with Gasteiger partial charge in [-0.3, -0.25) is 0 Å². The standard InChI is InChI=1S/C17H20BrClN2O3S/c1-10(19)6-14(17(2,18)9-20)21(3)15-12(23-4)7-11(8-13(15)25)16(22)24-5/h7-8,14,25H,1,6H2,2-5H3. The van der Waals surface area contributed by atoms with Gasteiger partial charge in [0.05, 0.1) is 37.6 Å². The van der Waals surface area contributed by atoms with E-state index < -0.39 is 10.3 Å². The average Bonchev–Trinajstić information content (AvgIpc) is 2.57. The Bertz CT molecular complexity index is 719. The number of hydrogen-bond acceptors (Lipinski definition) is 6. The first-order valence-corrected chi connectivity index (χ1v) is 8.86. The number of alkyl halides is 1. The molecule has 0 spiro atoms. The van der Waals surface area contributed by atoms with Crippen molar-refractivity contribution in [2.24, 2.45) is 0 Å². The zero-order valence-electron chi connectivity index (χ0n) is 14.5. The number of nitrogens with zero attached hydrogens (tertiary/aromatic N) is 2. The Labute approximate surface area is 167 Å². The minimum atomic E-state index is -0.897. The van der Waals surface area contributed by atoms with E-state index in [9.17, 15) is 10.1 Å². The Kier molecular flexibility index (Phi) is 7.66. The first-order valence-electron chi connectivity index (χ1n) is 7.24. The maximum absolute atomic E-state index is 11.8. The Hall–Kier alpha value is -1.36. The lowest BCUT2D eigenvalue weighted by Crippen LogP contribution is -2.45. The molecule has 0 aromatic heterocycles. The fraction of sp³-hybridized carbons (Fsp3) is 0.412. The molecule has 0 amide bonds. The maximum atomic E-state index is 11.8. The second-order valence-electron chi connectivity index (χ2n) is 5.57. The van der Waals surface area contributed by atoms with E-state index in [-0.39, 0.29) is 6.04 Å². The van der Waals surface area contributed by atoms with Gasteiger partial charge in [-0.15, -0.1) is 12.6 Å². The van der Waals surface area contributed by atoms with E-state index in [0.717, 1.165) is 0 Å². The highest BCUT2D eigenvalue weighted by Crippen LogP contribution is 2.41. The SMILES string of the molecule is C=C(Cl)CC(N(C)c1c(S)cc(C(=O)OC)cc1OC)C(C)(Br)C#N. The predicted octanol–water partition coefficient (Wildman–Crippen LogP) is 4.40. The van der Waals surface area contributed by atoms with Crippen LogP contribution in [0.3, 0.4) is 0 Å². The van der Waals surface area contributed by atoms with Crippen LogP contribution in [-0.2, 0) is 4.74 Å². The maximum Gasteiger partial charge on any atom is 0.338 e. The van der Waals surface area contributed by atoms with E-state index in [1.54, 1.807) is 26.1 Å². The number of benzene rings is 1. The van der Waals surface area contributed by atoms with Gasteiger partial charge in [-0.05, 0) is 19.1 Å². The van der Waals surface area contributed by atoms with Crippen LogP contribution in [0.15, 0.2) is 28.6 Å². The third-order valence-corrected chi connectivity index (χ3v) is 4.98. The third-order valence-electron chi connectivity index (χ3n) is 3.78. The zero-order chi connectivity index (χ0) is 19.4. The molecule has 0 fully saturated rings. The number of carbonyl (C=O) groups excluding carboxylic acids is 1. The highest BCUT2D eigenvalue weighted by molar-refractivity contribution is 9.10. The summed E-state index contributed by atoms with van der Waals surface area (Å²) in [6, 6.07) is 5.04. The van der Waals surface area contributed by atoms with Crippen molar-refractivity contribution in [2.45, 2.75) is 28.6 Å². The summed E-state index contributed by atoms with van der Waals surface area (Å²) < 4.78 is 9.28.